The maximum atomic E-state index is 13.0. The summed E-state index contributed by atoms with van der Waals surface area (Å²) in [4.78, 5) is 42.7. The predicted octanol–water partition coefficient (Wildman–Crippen LogP) is 1.37. The third-order valence-corrected chi connectivity index (χ3v) is 5.87. The van der Waals surface area contributed by atoms with Crippen molar-refractivity contribution in [2.24, 2.45) is 0 Å². The Morgan fingerprint density at radius 2 is 1.79 bits per heavy atom. The van der Waals surface area contributed by atoms with Gasteiger partial charge in [0.2, 0.25) is 17.7 Å². The van der Waals surface area contributed by atoms with Gasteiger partial charge in [0.15, 0.2) is 0 Å². The minimum atomic E-state index is -0.274. The fourth-order valence-corrected chi connectivity index (χ4v) is 4.07. The molecule has 1 aromatic rings. The summed E-state index contributed by atoms with van der Waals surface area (Å²) in [6, 6.07) is 8.00. The normalized spacial score (nSPS) is 21.6. The van der Waals surface area contributed by atoms with Gasteiger partial charge in [-0.05, 0) is 30.0 Å². The van der Waals surface area contributed by atoms with Crippen LogP contribution in [0.4, 0.5) is 0 Å². The van der Waals surface area contributed by atoms with Gasteiger partial charge in [-0.1, -0.05) is 24.3 Å². The van der Waals surface area contributed by atoms with E-state index in [2.05, 4.69) is 10.2 Å². The predicted molar refractivity (Wildman–Crippen MR) is 110 cm³/mol. The molecule has 0 bridgehead atoms. The Morgan fingerprint density at radius 1 is 1.07 bits per heavy atom. The molecule has 2 fully saturated rings. The lowest BCUT2D eigenvalue weighted by Gasteiger charge is -2.37. The number of fused-ring (bicyclic) bond motifs is 1. The second-order valence-electron chi connectivity index (χ2n) is 8.09. The molecule has 1 aliphatic carbocycles. The monoisotopic (exact) mass is 396 g/mol. The van der Waals surface area contributed by atoms with E-state index in [4.69, 9.17) is 0 Å². The number of carbonyl (C=O) groups excluding carboxylic acids is 3. The molecule has 3 aliphatic rings. The fourth-order valence-electron chi connectivity index (χ4n) is 4.07. The second kappa shape index (κ2) is 8.37. The van der Waals surface area contributed by atoms with E-state index in [0.29, 0.717) is 38.8 Å². The van der Waals surface area contributed by atoms with E-state index in [-0.39, 0.29) is 30.2 Å². The van der Waals surface area contributed by atoms with Crippen LogP contribution in [0.25, 0.3) is 6.08 Å². The largest absolute Gasteiger partial charge is 0.352 e. The van der Waals surface area contributed by atoms with Crippen LogP contribution in [0.2, 0.25) is 0 Å². The molecule has 0 aromatic heterocycles. The summed E-state index contributed by atoms with van der Waals surface area (Å²) in [6.45, 7) is 4.54. The summed E-state index contributed by atoms with van der Waals surface area (Å²) in [5, 5.41) is 3.01. The number of rotatable bonds is 5. The van der Waals surface area contributed by atoms with Crippen LogP contribution in [0.15, 0.2) is 30.5 Å². The van der Waals surface area contributed by atoms with E-state index >= 15 is 0 Å². The molecule has 1 N–H and O–H groups in total. The minimum Gasteiger partial charge on any atom is -0.352 e. The lowest BCUT2D eigenvalue weighted by atomic mass is 9.93. The van der Waals surface area contributed by atoms with Gasteiger partial charge in [0.05, 0.1) is 19.0 Å². The molecule has 7 nitrogen and oxygen atoms in total. The number of nitrogens with one attached hydrogen (secondary N) is 1. The van der Waals surface area contributed by atoms with Crippen LogP contribution in [0.1, 0.15) is 43.4 Å². The van der Waals surface area contributed by atoms with Crippen LogP contribution < -0.4 is 5.32 Å². The van der Waals surface area contributed by atoms with Crippen molar-refractivity contribution in [1.29, 1.82) is 0 Å². The molecule has 1 saturated carbocycles. The Balaban J connectivity index is 1.34. The average molecular weight is 396 g/mol. The first-order valence-electron chi connectivity index (χ1n) is 10.4. The topological polar surface area (TPSA) is 73.0 Å². The van der Waals surface area contributed by atoms with Gasteiger partial charge in [0.1, 0.15) is 0 Å². The molecule has 29 heavy (non-hydrogen) atoms. The standard InChI is InChI=1S/C22H28N4O3/c1-16(27)26-9-8-17-4-2-3-5-19(17)20(26)14-22(29)25-12-10-24(11-13-25)15-21(28)23-18-6-7-18/h2-5,8-9,18,20H,6-7,10-15H2,1H3,(H,23,28)/t20-/m0/s1. The van der Waals surface area contributed by atoms with E-state index in [1.807, 2.05) is 35.2 Å². The molecule has 2 heterocycles. The zero-order chi connectivity index (χ0) is 20.4. The van der Waals surface area contributed by atoms with E-state index in [0.717, 1.165) is 24.0 Å². The first-order chi connectivity index (χ1) is 14.0. The first-order valence-corrected chi connectivity index (χ1v) is 10.4. The number of benzene rings is 1. The fraction of sp³-hybridized carbons (Fsp3) is 0.500. The molecule has 1 saturated heterocycles. The van der Waals surface area contributed by atoms with Crippen molar-refractivity contribution in [3.05, 3.63) is 41.6 Å². The highest BCUT2D eigenvalue weighted by Crippen LogP contribution is 2.33. The summed E-state index contributed by atoms with van der Waals surface area (Å²) in [5.74, 6) is 0.0588. The molecule has 1 atom stereocenters. The quantitative estimate of drug-likeness (QED) is 0.816. The van der Waals surface area contributed by atoms with Gasteiger partial charge < -0.3 is 15.1 Å². The van der Waals surface area contributed by atoms with Gasteiger partial charge in [0, 0.05) is 45.3 Å². The molecule has 0 unspecified atom stereocenters. The summed E-state index contributed by atoms with van der Waals surface area (Å²) >= 11 is 0. The maximum absolute atomic E-state index is 13.0. The van der Waals surface area contributed by atoms with Crippen LogP contribution in [-0.2, 0) is 14.4 Å². The minimum absolute atomic E-state index is 0.0495. The van der Waals surface area contributed by atoms with Crippen LogP contribution in [0.3, 0.4) is 0 Å². The van der Waals surface area contributed by atoms with E-state index in [1.165, 1.54) is 6.92 Å². The second-order valence-corrected chi connectivity index (χ2v) is 8.09. The van der Waals surface area contributed by atoms with Gasteiger partial charge in [-0.3, -0.25) is 19.3 Å². The number of carbonyl (C=O) groups is 3. The van der Waals surface area contributed by atoms with Gasteiger partial charge in [-0.2, -0.15) is 0 Å². The van der Waals surface area contributed by atoms with Crippen molar-refractivity contribution < 1.29 is 14.4 Å². The molecule has 154 valence electrons. The third kappa shape index (κ3) is 4.67. The van der Waals surface area contributed by atoms with E-state index in [1.54, 1.807) is 11.1 Å². The highest BCUT2D eigenvalue weighted by atomic mass is 16.2. The maximum Gasteiger partial charge on any atom is 0.234 e. The Morgan fingerprint density at radius 3 is 2.48 bits per heavy atom. The molecular weight excluding hydrogens is 368 g/mol. The highest BCUT2D eigenvalue weighted by Gasteiger charge is 2.31. The Hall–Kier alpha value is -2.67. The molecule has 3 amide bonds. The van der Waals surface area contributed by atoms with E-state index < -0.39 is 0 Å². The van der Waals surface area contributed by atoms with Crippen LogP contribution >= 0.6 is 0 Å². The van der Waals surface area contributed by atoms with Gasteiger partial charge in [-0.25, -0.2) is 0 Å². The Labute approximate surface area is 171 Å². The number of hydrogen-bond acceptors (Lipinski definition) is 4. The summed E-state index contributed by atoms with van der Waals surface area (Å²) in [5.41, 5.74) is 2.06. The molecule has 0 spiro atoms. The van der Waals surface area contributed by atoms with Crippen LogP contribution in [0.5, 0.6) is 0 Å². The molecule has 2 aliphatic heterocycles. The molecule has 7 heteroatoms. The zero-order valence-electron chi connectivity index (χ0n) is 16.8. The number of amides is 3. The average Bonchev–Trinajstić information content (AvgIpc) is 3.52. The molecular formula is C22H28N4O3. The van der Waals surface area contributed by atoms with Crippen molar-refractivity contribution in [2.45, 2.75) is 38.3 Å². The number of hydrogen-bond donors (Lipinski definition) is 1. The molecule has 0 radical (unpaired) electrons. The SMILES string of the molecule is CC(=O)N1C=Cc2ccccc2[C@@H]1CC(=O)N1CCN(CC(=O)NC2CC2)CC1. The van der Waals surface area contributed by atoms with E-state index in [9.17, 15) is 14.4 Å². The lowest BCUT2D eigenvalue weighted by molar-refractivity contribution is -0.136. The van der Waals surface area contributed by atoms with Crippen LogP contribution in [-0.4, -0.2) is 71.2 Å². The third-order valence-electron chi connectivity index (χ3n) is 5.87. The zero-order valence-corrected chi connectivity index (χ0v) is 16.8. The van der Waals surface area contributed by atoms with Gasteiger partial charge >= 0.3 is 0 Å². The molecule has 4 rings (SSSR count). The molecule has 1 aromatic carbocycles. The van der Waals surface area contributed by atoms with Crippen LogP contribution in [0, 0.1) is 0 Å². The summed E-state index contributed by atoms with van der Waals surface area (Å²) in [6.07, 6.45) is 6.14. The summed E-state index contributed by atoms with van der Waals surface area (Å²) in [7, 11) is 0. The van der Waals surface area contributed by atoms with Gasteiger partial charge in [-0.15, -0.1) is 0 Å². The van der Waals surface area contributed by atoms with Gasteiger partial charge in [0.25, 0.3) is 0 Å². The van der Waals surface area contributed by atoms with Crippen molar-refractivity contribution in [3.63, 3.8) is 0 Å². The number of piperazine rings is 1. The van der Waals surface area contributed by atoms with Crippen molar-refractivity contribution >= 4 is 23.8 Å². The Kier molecular flexibility index (Phi) is 5.67. The van der Waals surface area contributed by atoms with Crippen molar-refractivity contribution in [2.75, 3.05) is 32.7 Å². The first kappa shape index (κ1) is 19.6. The highest BCUT2D eigenvalue weighted by molar-refractivity contribution is 5.82. The summed E-state index contributed by atoms with van der Waals surface area (Å²) < 4.78 is 0. The lowest BCUT2D eigenvalue weighted by Crippen LogP contribution is -2.51. The Bertz CT molecular complexity index is 825. The van der Waals surface area contributed by atoms with Crippen molar-refractivity contribution in [3.8, 4) is 0 Å². The van der Waals surface area contributed by atoms with Crippen molar-refractivity contribution in [1.82, 2.24) is 20.0 Å². The number of nitrogens with zero attached hydrogens (tertiary/aromatic N) is 3. The smallest absolute Gasteiger partial charge is 0.234 e.